The van der Waals surface area contributed by atoms with E-state index < -0.39 is 11.4 Å². The van der Waals surface area contributed by atoms with Gasteiger partial charge in [-0.15, -0.1) is 0 Å². The van der Waals surface area contributed by atoms with Gasteiger partial charge in [0.2, 0.25) is 0 Å². The van der Waals surface area contributed by atoms with Gasteiger partial charge >= 0.3 is 5.97 Å². The van der Waals surface area contributed by atoms with Crippen molar-refractivity contribution < 1.29 is 14.6 Å². The van der Waals surface area contributed by atoms with Gasteiger partial charge in [-0.25, -0.2) is 4.98 Å². The lowest BCUT2D eigenvalue weighted by atomic mass is 9.92. The maximum Gasteiger partial charge on any atom is 0.305 e. The third kappa shape index (κ3) is 4.95. The van der Waals surface area contributed by atoms with E-state index in [2.05, 4.69) is 4.98 Å². The molecule has 0 fully saturated rings. The summed E-state index contributed by atoms with van der Waals surface area (Å²) in [6.07, 6.45) is -0.141. The van der Waals surface area contributed by atoms with Gasteiger partial charge in [-0.1, -0.05) is 57.2 Å². The van der Waals surface area contributed by atoms with Gasteiger partial charge in [-0.3, -0.25) is 9.59 Å². The van der Waals surface area contributed by atoms with E-state index in [1.807, 2.05) is 93.6 Å². The average Bonchev–Trinajstić information content (AvgIpc) is 2.78. The Kier molecular flexibility index (Phi) is 6.01. The molecule has 0 saturated carbocycles. The van der Waals surface area contributed by atoms with Crippen molar-refractivity contribution in [1.29, 1.82) is 0 Å². The summed E-state index contributed by atoms with van der Waals surface area (Å²) in [5, 5.41) is 9.19. The third-order valence-electron chi connectivity index (χ3n) is 5.37. The minimum atomic E-state index is -0.950. The number of fused-ring (bicyclic) bond motifs is 1. The highest BCUT2D eigenvalue weighted by molar-refractivity contribution is 5.82. The Morgan fingerprint density at radius 1 is 0.939 bits per heavy atom. The number of carbonyl (C=O) groups is 1. The average molecular weight is 443 g/mol. The van der Waals surface area contributed by atoms with E-state index in [1.54, 1.807) is 0 Å². The first kappa shape index (κ1) is 22.3. The van der Waals surface area contributed by atoms with Crippen molar-refractivity contribution in [1.82, 2.24) is 9.55 Å². The lowest BCUT2D eigenvalue weighted by Gasteiger charge is -2.20. The molecule has 0 aliphatic rings. The highest BCUT2D eigenvalue weighted by atomic mass is 16.5. The Morgan fingerprint density at radius 2 is 1.58 bits per heavy atom. The van der Waals surface area contributed by atoms with Crippen LogP contribution < -0.4 is 10.3 Å². The van der Waals surface area contributed by atoms with Crippen LogP contribution in [-0.2, 0) is 16.8 Å². The number of hydrogen-bond donors (Lipinski definition) is 1. The van der Waals surface area contributed by atoms with Crippen LogP contribution in [0.5, 0.6) is 11.5 Å². The number of benzene rings is 3. The van der Waals surface area contributed by atoms with E-state index in [0.717, 1.165) is 22.6 Å². The zero-order valence-corrected chi connectivity index (χ0v) is 18.9. The van der Waals surface area contributed by atoms with Gasteiger partial charge < -0.3 is 14.4 Å². The molecule has 0 amide bonds. The Bertz CT molecular complexity index is 1350. The molecule has 0 aliphatic carbocycles. The number of aliphatic carboxylic acids is 1. The van der Waals surface area contributed by atoms with E-state index in [4.69, 9.17) is 4.74 Å². The fourth-order valence-electron chi connectivity index (χ4n) is 3.68. The van der Waals surface area contributed by atoms with Crippen molar-refractivity contribution in [3.8, 4) is 22.6 Å². The fourth-order valence-corrected chi connectivity index (χ4v) is 3.68. The second kappa shape index (κ2) is 8.90. The Labute approximate surface area is 192 Å². The molecule has 0 atom stereocenters. The number of carboxylic acids is 1. The van der Waals surface area contributed by atoms with Gasteiger partial charge in [-0.05, 0) is 47.5 Å². The number of hydrogen-bond acceptors (Lipinski definition) is 4. The molecule has 4 rings (SSSR count). The lowest BCUT2D eigenvalue weighted by molar-refractivity contribution is -0.137. The first-order valence-electron chi connectivity index (χ1n) is 10.8. The lowest BCUT2D eigenvalue weighted by Crippen LogP contribution is -2.33. The number of aromatic nitrogens is 2. The van der Waals surface area contributed by atoms with Crippen molar-refractivity contribution in [3.63, 3.8) is 0 Å². The molecular formula is C27H26N2O4. The van der Waals surface area contributed by atoms with E-state index in [-0.39, 0.29) is 18.5 Å². The van der Waals surface area contributed by atoms with E-state index >= 15 is 0 Å². The largest absolute Gasteiger partial charge is 0.481 e. The quantitative estimate of drug-likeness (QED) is 0.419. The second-order valence-electron chi connectivity index (χ2n) is 8.95. The molecule has 33 heavy (non-hydrogen) atoms. The summed E-state index contributed by atoms with van der Waals surface area (Å²) in [6, 6.07) is 23.0. The zero-order valence-electron chi connectivity index (χ0n) is 18.9. The van der Waals surface area contributed by atoms with E-state index in [9.17, 15) is 14.7 Å². The second-order valence-corrected chi connectivity index (χ2v) is 8.95. The number of ether oxygens (including phenoxy) is 1. The summed E-state index contributed by atoms with van der Waals surface area (Å²) in [4.78, 5) is 29.0. The number of aryl methyl sites for hydroxylation is 1. The molecule has 0 saturated heterocycles. The smallest absolute Gasteiger partial charge is 0.305 e. The van der Waals surface area contributed by atoms with Crippen molar-refractivity contribution >= 4 is 17.0 Å². The Balaban J connectivity index is 1.74. The predicted molar refractivity (Wildman–Crippen MR) is 129 cm³/mol. The molecule has 0 unspecified atom stereocenters. The van der Waals surface area contributed by atoms with Gasteiger partial charge in [0.15, 0.2) is 0 Å². The van der Waals surface area contributed by atoms with Crippen LogP contribution in [0.25, 0.3) is 22.2 Å². The van der Waals surface area contributed by atoms with E-state index in [0.29, 0.717) is 16.7 Å². The molecule has 6 nitrogen and oxygen atoms in total. The van der Waals surface area contributed by atoms with Crippen LogP contribution >= 0.6 is 0 Å². The summed E-state index contributed by atoms with van der Waals surface area (Å²) in [5.74, 6) is 0.536. The standard InChI is InChI=1S/C27H26N2O4/c1-27(2,3)25-26(32)29(16-15-24(30)31)23-17-19(11-14-22(23)28-25)18-9-12-21(13-10-18)33-20-7-5-4-6-8-20/h4-14,17H,15-16H2,1-3H3,(H,30,31). The van der Waals surface area contributed by atoms with Crippen LogP contribution in [-0.4, -0.2) is 20.6 Å². The Morgan fingerprint density at radius 3 is 2.21 bits per heavy atom. The summed E-state index contributed by atoms with van der Waals surface area (Å²) < 4.78 is 7.40. The molecule has 1 aromatic heterocycles. The van der Waals surface area contributed by atoms with Crippen LogP contribution in [0, 0.1) is 0 Å². The van der Waals surface area contributed by atoms with Gasteiger partial charge in [0, 0.05) is 12.0 Å². The molecule has 0 bridgehead atoms. The van der Waals surface area contributed by atoms with Crippen LogP contribution in [0.1, 0.15) is 32.9 Å². The maximum atomic E-state index is 13.2. The van der Waals surface area contributed by atoms with Crippen LogP contribution in [0.4, 0.5) is 0 Å². The predicted octanol–water partition coefficient (Wildman–Crippen LogP) is 5.63. The molecule has 0 radical (unpaired) electrons. The normalized spacial score (nSPS) is 11.5. The van der Waals surface area contributed by atoms with Crippen LogP contribution in [0.2, 0.25) is 0 Å². The summed E-state index contributed by atoms with van der Waals surface area (Å²) in [7, 11) is 0. The highest BCUT2D eigenvalue weighted by Crippen LogP contribution is 2.28. The molecule has 6 heteroatoms. The van der Waals surface area contributed by atoms with Gasteiger partial charge in [0.05, 0.1) is 17.5 Å². The molecule has 1 N–H and O–H groups in total. The number of carboxylic acid groups (broad SMARTS) is 1. The molecule has 0 spiro atoms. The van der Waals surface area contributed by atoms with Gasteiger partial charge in [0.1, 0.15) is 17.2 Å². The first-order chi connectivity index (χ1) is 15.7. The Hall–Kier alpha value is -3.93. The maximum absolute atomic E-state index is 13.2. The van der Waals surface area contributed by atoms with E-state index in [1.165, 1.54) is 4.57 Å². The SMILES string of the molecule is CC(C)(C)c1nc2ccc(-c3ccc(Oc4ccccc4)cc3)cc2n(CCC(=O)O)c1=O. The zero-order chi connectivity index (χ0) is 23.6. The highest BCUT2D eigenvalue weighted by Gasteiger charge is 2.23. The van der Waals surface area contributed by atoms with Crippen LogP contribution in [0.3, 0.4) is 0 Å². The minimum absolute atomic E-state index is 0.0869. The molecular weight excluding hydrogens is 416 g/mol. The molecule has 1 heterocycles. The number of para-hydroxylation sites is 1. The van der Waals surface area contributed by atoms with Crippen molar-refractivity contribution in [2.75, 3.05) is 0 Å². The van der Waals surface area contributed by atoms with Crippen LogP contribution in [0.15, 0.2) is 77.6 Å². The van der Waals surface area contributed by atoms with Crippen molar-refractivity contribution in [2.24, 2.45) is 0 Å². The van der Waals surface area contributed by atoms with Gasteiger partial charge in [-0.2, -0.15) is 0 Å². The topological polar surface area (TPSA) is 81.4 Å². The summed E-state index contributed by atoms with van der Waals surface area (Å²) in [5.41, 5.74) is 2.87. The summed E-state index contributed by atoms with van der Waals surface area (Å²) >= 11 is 0. The van der Waals surface area contributed by atoms with Crippen molar-refractivity contribution in [2.45, 2.75) is 39.2 Å². The third-order valence-corrected chi connectivity index (χ3v) is 5.37. The summed E-state index contributed by atoms with van der Waals surface area (Å²) in [6.45, 7) is 5.87. The van der Waals surface area contributed by atoms with Crippen molar-refractivity contribution in [3.05, 3.63) is 88.8 Å². The number of nitrogens with zero attached hydrogens (tertiary/aromatic N) is 2. The fraction of sp³-hybridized carbons (Fsp3) is 0.222. The monoisotopic (exact) mass is 442 g/mol. The molecule has 0 aliphatic heterocycles. The minimum Gasteiger partial charge on any atom is -0.481 e. The number of rotatable bonds is 6. The molecule has 3 aromatic carbocycles. The molecule has 4 aromatic rings. The first-order valence-corrected chi connectivity index (χ1v) is 10.8. The van der Waals surface area contributed by atoms with Gasteiger partial charge in [0.25, 0.3) is 5.56 Å². The molecule has 168 valence electrons.